The zero-order valence-electron chi connectivity index (χ0n) is 9.16. The fourth-order valence-corrected chi connectivity index (χ4v) is 1.70. The van der Waals surface area contributed by atoms with Gasteiger partial charge >= 0.3 is 0 Å². The van der Waals surface area contributed by atoms with Gasteiger partial charge in [0.25, 0.3) is 0 Å². The third-order valence-electron chi connectivity index (χ3n) is 2.63. The van der Waals surface area contributed by atoms with Gasteiger partial charge in [0, 0.05) is 0 Å². The lowest BCUT2D eigenvalue weighted by Crippen LogP contribution is -1.99. The Morgan fingerprint density at radius 2 is 1.93 bits per heavy atom. The molecule has 14 heavy (non-hydrogen) atoms. The summed E-state index contributed by atoms with van der Waals surface area (Å²) in [4.78, 5) is 0. The summed E-state index contributed by atoms with van der Waals surface area (Å²) in [6, 6.07) is 8.08. The molecule has 0 aliphatic rings. The van der Waals surface area contributed by atoms with Crippen LogP contribution < -0.4 is 0 Å². The Morgan fingerprint density at radius 1 is 1.21 bits per heavy atom. The topological polar surface area (TPSA) is 20.2 Å². The molecule has 1 heteroatoms. The average Bonchev–Trinajstić information content (AvgIpc) is 2.18. The van der Waals surface area contributed by atoms with E-state index in [1.165, 1.54) is 18.4 Å². The highest BCUT2D eigenvalue weighted by Gasteiger charge is 2.08. The molecule has 1 rings (SSSR count). The van der Waals surface area contributed by atoms with E-state index in [2.05, 4.69) is 19.9 Å². The van der Waals surface area contributed by atoms with Gasteiger partial charge in [0.1, 0.15) is 0 Å². The van der Waals surface area contributed by atoms with Crippen LogP contribution in [0.25, 0.3) is 0 Å². The number of hydrogen-bond acceptors (Lipinski definition) is 1. The number of rotatable bonds is 5. The molecule has 1 aromatic carbocycles. The second-order valence-corrected chi connectivity index (χ2v) is 3.87. The van der Waals surface area contributed by atoms with Crippen LogP contribution in [0.5, 0.6) is 0 Å². The van der Waals surface area contributed by atoms with Gasteiger partial charge in [-0.2, -0.15) is 0 Å². The SMILES string of the molecule is CCCCC[C@@H](O)c1ccccc1C. The zero-order valence-corrected chi connectivity index (χ0v) is 9.16. The molecule has 0 aliphatic heterocycles. The van der Waals surface area contributed by atoms with Gasteiger partial charge in [0.2, 0.25) is 0 Å². The molecule has 0 saturated heterocycles. The van der Waals surface area contributed by atoms with Crippen molar-refractivity contribution in [2.45, 2.75) is 45.6 Å². The van der Waals surface area contributed by atoms with Gasteiger partial charge in [-0.3, -0.25) is 0 Å². The normalized spacial score (nSPS) is 12.8. The zero-order chi connectivity index (χ0) is 10.4. The van der Waals surface area contributed by atoms with Crippen molar-refractivity contribution < 1.29 is 5.11 Å². The molecule has 1 atom stereocenters. The Labute approximate surface area is 86.8 Å². The summed E-state index contributed by atoms with van der Waals surface area (Å²) < 4.78 is 0. The number of benzene rings is 1. The first-order valence-corrected chi connectivity index (χ1v) is 5.49. The predicted molar refractivity (Wildman–Crippen MR) is 60.3 cm³/mol. The van der Waals surface area contributed by atoms with E-state index in [1.807, 2.05) is 18.2 Å². The van der Waals surface area contributed by atoms with Crippen molar-refractivity contribution in [1.29, 1.82) is 0 Å². The molecular weight excluding hydrogens is 172 g/mol. The van der Waals surface area contributed by atoms with Crippen molar-refractivity contribution in [2.24, 2.45) is 0 Å². The maximum absolute atomic E-state index is 9.93. The number of hydrogen-bond donors (Lipinski definition) is 1. The molecule has 1 N–H and O–H groups in total. The number of aliphatic hydroxyl groups excluding tert-OH is 1. The molecule has 0 radical (unpaired) electrons. The quantitative estimate of drug-likeness (QED) is 0.707. The van der Waals surface area contributed by atoms with Crippen molar-refractivity contribution >= 4 is 0 Å². The predicted octanol–water partition coefficient (Wildman–Crippen LogP) is 3.61. The van der Waals surface area contributed by atoms with Crippen LogP contribution >= 0.6 is 0 Å². The summed E-state index contributed by atoms with van der Waals surface area (Å²) in [6.07, 6.45) is 4.15. The molecule has 0 heterocycles. The lowest BCUT2D eigenvalue weighted by atomic mass is 9.99. The minimum absolute atomic E-state index is 0.275. The number of aliphatic hydroxyl groups is 1. The third kappa shape index (κ3) is 3.15. The van der Waals surface area contributed by atoms with Crippen LogP contribution in [-0.2, 0) is 0 Å². The van der Waals surface area contributed by atoms with E-state index in [1.54, 1.807) is 0 Å². The molecule has 0 unspecified atom stereocenters. The summed E-state index contributed by atoms with van der Waals surface area (Å²) in [7, 11) is 0. The van der Waals surface area contributed by atoms with E-state index in [9.17, 15) is 5.11 Å². The van der Waals surface area contributed by atoms with Crippen LogP contribution in [0, 0.1) is 6.92 Å². The second-order valence-electron chi connectivity index (χ2n) is 3.87. The van der Waals surface area contributed by atoms with Crippen LogP contribution in [0.2, 0.25) is 0 Å². The van der Waals surface area contributed by atoms with E-state index < -0.39 is 0 Å². The molecule has 1 aromatic rings. The second kappa shape index (κ2) is 5.82. The summed E-state index contributed by atoms with van der Waals surface area (Å²) in [5.41, 5.74) is 2.28. The molecule has 1 nitrogen and oxygen atoms in total. The molecule has 0 aromatic heterocycles. The van der Waals surface area contributed by atoms with E-state index in [0.717, 1.165) is 18.4 Å². The summed E-state index contributed by atoms with van der Waals surface area (Å²) >= 11 is 0. The first-order valence-electron chi connectivity index (χ1n) is 5.49. The Bertz CT molecular complexity index is 268. The molecule has 0 bridgehead atoms. The number of unbranched alkanes of at least 4 members (excludes halogenated alkanes) is 2. The molecule has 0 spiro atoms. The monoisotopic (exact) mass is 192 g/mol. The minimum Gasteiger partial charge on any atom is -0.388 e. The van der Waals surface area contributed by atoms with Crippen molar-refractivity contribution in [3.63, 3.8) is 0 Å². The van der Waals surface area contributed by atoms with Gasteiger partial charge in [-0.15, -0.1) is 0 Å². The highest BCUT2D eigenvalue weighted by Crippen LogP contribution is 2.22. The maximum atomic E-state index is 9.93. The molecule has 0 aliphatic carbocycles. The number of aryl methyl sites for hydroxylation is 1. The highest BCUT2D eigenvalue weighted by molar-refractivity contribution is 5.27. The van der Waals surface area contributed by atoms with Crippen molar-refractivity contribution in [3.8, 4) is 0 Å². The Hall–Kier alpha value is -0.820. The van der Waals surface area contributed by atoms with Crippen LogP contribution in [0.3, 0.4) is 0 Å². The van der Waals surface area contributed by atoms with Crippen molar-refractivity contribution in [3.05, 3.63) is 35.4 Å². The summed E-state index contributed by atoms with van der Waals surface area (Å²) in [6.45, 7) is 4.23. The van der Waals surface area contributed by atoms with Gasteiger partial charge in [0.05, 0.1) is 6.10 Å². The largest absolute Gasteiger partial charge is 0.388 e. The smallest absolute Gasteiger partial charge is 0.0792 e. The van der Waals surface area contributed by atoms with Crippen LogP contribution in [-0.4, -0.2) is 5.11 Å². The fraction of sp³-hybridized carbons (Fsp3) is 0.538. The maximum Gasteiger partial charge on any atom is 0.0792 e. The van der Waals surface area contributed by atoms with Crippen molar-refractivity contribution in [1.82, 2.24) is 0 Å². The average molecular weight is 192 g/mol. The Balaban J connectivity index is 2.51. The lowest BCUT2D eigenvalue weighted by Gasteiger charge is -2.12. The summed E-state index contributed by atoms with van der Waals surface area (Å²) in [5.74, 6) is 0. The molecule has 78 valence electrons. The van der Waals surface area contributed by atoms with E-state index in [-0.39, 0.29) is 6.10 Å². The van der Waals surface area contributed by atoms with Gasteiger partial charge in [-0.05, 0) is 24.5 Å². The lowest BCUT2D eigenvalue weighted by molar-refractivity contribution is 0.163. The first kappa shape index (κ1) is 11.3. The van der Waals surface area contributed by atoms with E-state index >= 15 is 0 Å². The Morgan fingerprint density at radius 3 is 2.57 bits per heavy atom. The van der Waals surface area contributed by atoms with Crippen LogP contribution in [0.4, 0.5) is 0 Å². The Kier molecular flexibility index (Phi) is 4.68. The molecule has 0 amide bonds. The third-order valence-corrected chi connectivity index (χ3v) is 2.63. The fourth-order valence-electron chi connectivity index (χ4n) is 1.70. The molecule has 0 fully saturated rings. The summed E-state index contributed by atoms with van der Waals surface area (Å²) in [5, 5.41) is 9.93. The van der Waals surface area contributed by atoms with Crippen molar-refractivity contribution in [2.75, 3.05) is 0 Å². The van der Waals surface area contributed by atoms with Gasteiger partial charge in [-0.1, -0.05) is 50.5 Å². The van der Waals surface area contributed by atoms with Crippen LogP contribution in [0.15, 0.2) is 24.3 Å². The van der Waals surface area contributed by atoms with E-state index in [0.29, 0.717) is 0 Å². The molecule has 0 saturated carbocycles. The van der Waals surface area contributed by atoms with E-state index in [4.69, 9.17) is 0 Å². The minimum atomic E-state index is -0.275. The van der Waals surface area contributed by atoms with Gasteiger partial charge in [0.15, 0.2) is 0 Å². The van der Waals surface area contributed by atoms with Gasteiger partial charge in [-0.25, -0.2) is 0 Å². The molecular formula is C13H20O. The highest BCUT2D eigenvalue weighted by atomic mass is 16.3. The standard InChI is InChI=1S/C13H20O/c1-3-4-5-10-13(14)12-9-7-6-8-11(12)2/h6-9,13-14H,3-5,10H2,1-2H3/t13-/m1/s1. The first-order chi connectivity index (χ1) is 6.75. The van der Waals surface area contributed by atoms with Crippen LogP contribution in [0.1, 0.15) is 49.8 Å². The van der Waals surface area contributed by atoms with Gasteiger partial charge < -0.3 is 5.11 Å².